The van der Waals surface area contributed by atoms with Gasteiger partial charge in [-0.2, -0.15) is 10.2 Å². The molecule has 0 aliphatic heterocycles. The average molecular weight is 1430 g/mol. The first-order chi connectivity index (χ1) is 42.1. The van der Waals surface area contributed by atoms with E-state index in [-0.39, 0.29) is 39.7 Å². The molecule has 5 unspecified atom stereocenters. The van der Waals surface area contributed by atoms with Crippen LogP contribution in [-0.4, -0.2) is 106 Å². The maximum absolute atomic E-state index is 12.5. The van der Waals surface area contributed by atoms with E-state index in [1.165, 1.54) is 75.9 Å². The average Bonchev–Trinajstić information content (AvgIpc) is 1.87. The minimum absolute atomic E-state index is 0.00167. The number of benzene rings is 4. The Kier molecular flexibility index (Phi) is 28.3. The monoisotopic (exact) mass is 1430 g/mol. The van der Waals surface area contributed by atoms with Gasteiger partial charge in [-0.05, 0) is 136 Å². The molecule has 0 spiro atoms. The van der Waals surface area contributed by atoms with Gasteiger partial charge < -0.3 is 44.7 Å². The van der Waals surface area contributed by atoms with Gasteiger partial charge in [-0.3, -0.25) is 47.4 Å². The topological polar surface area (TPSA) is 379 Å². The summed E-state index contributed by atoms with van der Waals surface area (Å²) in [6.45, 7) is 27.3. The highest BCUT2D eigenvalue weighted by Crippen LogP contribution is 2.44. The van der Waals surface area contributed by atoms with Gasteiger partial charge in [0, 0.05) is 67.2 Å². The predicted molar refractivity (Wildman–Crippen MR) is 366 cm³/mol. The molecule has 492 valence electrons. The summed E-state index contributed by atoms with van der Waals surface area (Å²) >= 11 is 3.51. The number of halogens is 1. The third-order valence-electron chi connectivity index (χ3n) is 12.4. The number of H-pyrrole nitrogens is 2. The molecular formula is C59H82BrN11O14P4Si2. The quantitative estimate of drug-likeness (QED) is 0.0219. The normalized spacial score (nSPS) is 13.9. The number of hydrogen-bond donors (Lipinski definition) is 9. The molecule has 0 aliphatic carbocycles. The molecule has 8 aromatic rings. The number of aromatic nitrogens is 8. The molecule has 8 rings (SSSR count). The Labute approximate surface area is 539 Å². The van der Waals surface area contributed by atoms with Crippen molar-refractivity contribution in [1.82, 2.24) is 50.1 Å². The van der Waals surface area contributed by atoms with Gasteiger partial charge in [0.25, 0.3) is 22.9 Å². The SMILES string of the molecule is CC(N)c1ccc(P(C)(=O)O[Si](C)(C)C)cc1.CC(NC(=O)c1cnc(-n2cccn2)[nH]c1=O)c1ccc(P(=O)(O)O)cc1.CC(NC(=O)c1cnc(-n2cccn2)[nH]c1=O)c1ccc(P(=O)(O)O)cc1.CCOP(C)(=O)c1ccc(C(C)C)cc1.C[Si](C)(C)Br. The number of rotatable bonds is 18. The Hall–Kier alpha value is -6.45. The molecular weight excluding hydrogens is 1350 g/mol. The lowest BCUT2D eigenvalue weighted by Crippen LogP contribution is -2.32. The number of carbonyl (C=O) groups is 2. The molecule has 0 fully saturated rings. The van der Waals surface area contributed by atoms with Crippen LogP contribution in [0.25, 0.3) is 11.9 Å². The molecule has 25 nitrogen and oxygen atoms in total. The van der Waals surface area contributed by atoms with E-state index in [0.29, 0.717) is 23.7 Å². The zero-order chi connectivity index (χ0) is 68.5. The Bertz CT molecular complexity index is 3790. The van der Waals surface area contributed by atoms with Crippen LogP contribution in [-0.2, 0) is 27.0 Å². The number of hydrogen-bond acceptors (Lipinski definition) is 15. The van der Waals surface area contributed by atoms with Crippen LogP contribution >= 0.6 is 45.2 Å². The molecule has 0 saturated heterocycles. The molecule has 2 amide bonds. The summed E-state index contributed by atoms with van der Waals surface area (Å²) in [5.41, 5.74) is 7.78. The van der Waals surface area contributed by atoms with Crippen molar-refractivity contribution in [2.24, 2.45) is 5.73 Å². The van der Waals surface area contributed by atoms with E-state index in [9.17, 15) is 37.4 Å². The standard InChI is InChI=1S/2C16H16N5O5P.C12H22NO2PSi.C12H19O2P.C3H9BrSi/c2*1-10(11-3-5-12(6-4-11)27(24,25)26)19-14(22)13-9-17-16(20-15(13)23)21-8-2-7-18-21;1-10(13)11-6-8-12(9-7-11)16(2,14)15-17(3,4)5;1-5-14-15(4,13)12-8-6-11(7-9-12)10(2)3;1-5(2,3)4/h2*2-10H,1H3,(H,19,22)(H,17,20,23)(H2,24,25,26);6-10H,13H2,1-5H3;6-10H,5H2,1-4H3;1-3H3. The van der Waals surface area contributed by atoms with Crippen LogP contribution in [0.4, 0.5) is 0 Å². The minimum Gasteiger partial charge on any atom is -0.367 e. The van der Waals surface area contributed by atoms with Gasteiger partial charge in [0.15, 0.2) is 8.32 Å². The Morgan fingerprint density at radius 1 is 0.582 bits per heavy atom. The van der Waals surface area contributed by atoms with Crippen molar-refractivity contribution in [2.45, 2.75) is 105 Å². The van der Waals surface area contributed by atoms with E-state index in [1.807, 2.05) is 82.0 Å². The number of nitrogens with two attached hydrogens (primary N) is 1. The fourth-order valence-corrected chi connectivity index (χ4v) is 15.5. The summed E-state index contributed by atoms with van der Waals surface area (Å²) in [7, 11) is -15.7. The van der Waals surface area contributed by atoms with Gasteiger partial charge in [-0.25, -0.2) is 19.3 Å². The van der Waals surface area contributed by atoms with E-state index in [1.54, 1.807) is 51.7 Å². The molecule has 32 heteroatoms. The summed E-state index contributed by atoms with van der Waals surface area (Å²) in [6.07, 6.45) is 8.58. The minimum atomic E-state index is -4.32. The maximum atomic E-state index is 12.5. The van der Waals surface area contributed by atoms with E-state index in [0.717, 1.165) is 28.6 Å². The third-order valence-corrected chi connectivity index (χ3v) is 21.1. The molecule has 4 aromatic carbocycles. The van der Waals surface area contributed by atoms with Crippen LogP contribution < -0.4 is 48.7 Å². The summed E-state index contributed by atoms with van der Waals surface area (Å²) in [5.74, 6) is -0.378. The molecule has 5 atom stereocenters. The molecule has 91 heavy (non-hydrogen) atoms. The molecule has 10 N–H and O–H groups in total. The number of nitrogens with zero attached hydrogens (tertiary/aromatic N) is 6. The van der Waals surface area contributed by atoms with Crippen molar-refractivity contribution in [3.05, 3.63) is 200 Å². The predicted octanol–water partition coefficient (Wildman–Crippen LogP) is 9.19. The number of nitrogens with one attached hydrogen (secondary N) is 4. The molecule has 0 aliphatic rings. The molecule has 4 aromatic heterocycles. The second-order valence-corrected chi connectivity index (χ2v) is 47.1. The third kappa shape index (κ3) is 25.5. The number of aromatic amines is 2. The van der Waals surface area contributed by atoms with E-state index < -0.39 is 80.0 Å². The molecule has 4 heterocycles. The van der Waals surface area contributed by atoms with E-state index in [2.05, 4.69) is 89.5 Å². The van der Waals surface area contributed by atoms with Crippen LogP contribution in [0.5, 0.6) is 0 Å². The number of amides is 2. The zero-order valence-corrected chi connectivity index (χ0v) is 60.3. The maximum Gasteiger partial charge on any atom is 0.356 e. The molecule has 0 bridgehead atoms. The highest BCUT2D eigenvalue weighted by molar-refractivity contribution is 9.26. The van der Waals surface area contributed by atoms with Crippen LogP contribution in [0.3, 0.4) is 0 Å². The van der Waals surface area contributed by atoms with Crippen molar-refractivity contribution in [2.75, 3.05) is 19.9 Å². The Balaban J connectivity index is 0.000000259. The Morgan fingerprint density at radius 2 is 0.912 bits per heavy atom. The van der Waals surface area contributed by atoms with Crippen molar-refractivity contribution in [1.29, 1.82) is 0 Å². The fourth-order valence-electron chi connectivity index (χ4n) is 7.82. The summed E-state index contributed by atoms with van der Waals surface area (Å²) in [5, 5.41) is 14.5. The van der Waals surface area contributed by atoms with Crippen LogP contribution in [0.2, 0.25) is 39.3 Å². The lowest BCUT2D eigenvalue weighted by molar-refractivity contribution is 0.0929. The van der Waals surface area contributed by atoms with Gasteiger partial charge in [-0.15, -0.1) is 15.3 Å². The summed E-state index contributed by atoms with van der Waals surface area (Å²) in [6, 6.07) is 29.0. The summed E-state index contributed by atoms with van der Waals surface area (Å²) < 4.78 is 60.7. The summed E-state index contributed by atoms with van der Waals surface area (Å²) in [4.78, 5) is 98.5. The first kappa shape index (κ1) is 77.0. The Morgan fingerprint density at radius 3 is 1.20 bits per heavy atom. The first-order valence-corrected chi connectivity index (χ1v) is 44.9. The highest BCUT2D eigenvalue weighted by Gasteiger charge is 2.28. The van der Waals surface area contributed by atoms with E-state index >= 15 is 0 Å². The van der Waals surface area contributed by atoms with Crippen molar-refractivity contribution in [3.63, 3.8) is 0 Å². The lowest BCUT2D eigenvalue weighted by atomic mass is 10.0. The van der Waals surface area contributed by atoms with Crippen molar-refractivity contribution < 1.29 is 56.2 Å². The van der Waals surface area contributed by atoms with E-state index in [4.69, 9.17) is 34.0 Å². The van der Waals surface area contributed by atoms with Crippen LogP contribution in [0.1, 0.15) is 109 Å². The van der Waals surface area contributed by atoms with Gasteiger partial charge in [0.05, 0.1) is 29.3 Å². The van der Waals surface area contributed by atoms with Gasteiger partial charge in [0.2, 0.25) is 26.6 Å². The van der Waals surface area contributed by atoms with Crippen LogP contribution in [0.15, 0.2) is 156 Å². The zero-order valence-electron chi connectivity index (χ0n) is 53.2. The largest absolute Gasteiger partial charge is 0.367 e. The first-order valence-electron chi connectivity index (χ1n) is 28.4. The van der Waals surface area contributed by atoms with Gasteiger partial charge in [0.1, 0.15) is 17.8 Å². The second-order valence-electron chi connectivity index (χ2n) is 23.0. The van der Waals surface area contributed by atoms with Crippen molar-refractivity contribution in [3.8, 4) is 11.9 Å². The highest BCUT2D eigenvalue weighted by atomic mass is 79.9. The van der Waals surface area contributed by atoms with Gasteiger partial charge >= 0.3 is 15.2 Å². The van der Waals surface area contributed by atoms with Crippen molar-refractivity contribution >= 4 is 93.3 Å². The number of carbonyl (C=O) groups excluding carboxylic acids is 2. The van der Waals surface area contributed by atoms with Crippen LogP contribution in [0, 0.1) is 0 Å². The smallest absolute Gasteiger partial charge is 0.356 e. The fraction of sp³-hybridized carbons (Fsp3) is 0.322. The lowest BCUT2D eigenvalue weighted by Gasteiger charge is -2.24. The van der Waals surface area contributed by atoms with Gasteiger partial charge in [-0.1, -0.05) is 82.0 Å². The second kappa shape index (κ2) is 33.4. The molecule has 0 saturated carbocycles. The molecule has 0 radical (unpaired) electrons.